The molecule has 2 nitrogen and oxygen atoms in total. The van der Waals surface area contributed by atoms with Crippen LogP contribution in [0, 0.1) is 0 Å². The van der Waals surface area contributed by atoms with Crippen LogP contribution in [0.5, 0.6) is 0 Å². The molecule has 2 aromatic rings. The molecule has 0 fully saturated rings. The Bertz CT molecular complexity index is 662. The summed E-state index contributed by atoms with van der Waals surface area (Å²) in [4.78, 5) is 0. The lowest BCUT2D eigenvalue weighted by Crippen LogP contribution is -2.08. The van der Waals surface area contributed by atoms with Crippen LogP contribution in [0.15, 0.2) is 48.5 Å². The Labute approximate surface area is 155 Å². The van der Waals surface area contributed by atoms with Crippen molar-refractivity contribution in [2.45, 2.75) is 24.6 Å². The lowest BCUT2D eigenvalue weighted by atomic mass is 10.1. The molecule has 2 aromatic carbocycles. The molecule has 0 spiro atoms. The minimum Gasteiger partial charge on any atom is -0.388 e. The number of halogens is 6. The van der Waals surface area contributed by atoms with Crippen LogP contribution in [0.2, 0.25) is 0 Å². The van der Waals surface area contributed by atoms with Crippen LogP contribution in [0.25, 0.3) is 0 Å². The van der Waals surface area contributed by atoms with Gasteiger partial charge in [-0.3, -0.25) is 0 Å². The zero-order valence-electron chi connectivity index (χ0n) is 13.8. The highest BCUT2D eigenvalue weighted by molar-refractivity contribution is 7.99. The largest absolute Gasteiger partial charge is 0.416 e. The SMILES string of the molecule is OC(CSCC(O)c1ccc(C(F)(F)F)cc1)c1ccc(C(F)(F)F)cc1. The fraction of sp³-hybridized carbons (Fsp3) is 0.333. The molecule has 2 atom stereocenters. The number of thioether (sulfide) groups is 1. The molecule has 9 heteroatoms. The van der Waals surface area contributed by atoms with E-state index in [0.717, 1.165) is 36.0 Å². The molecule has 0 radical (unpaired) electrons. The highest BCUT2D eigenvalue weighted by atomic mass is 32.2. The van der Waals surface area contributed by atoms with E-state index in [1.54, 1.807) is 0 Å². The molecule has 0 aliphatic heterocycles. The molecule has 0 heterocycles. The lowest BCUT2D eigenvalue weighted by Gasteiger charge is -2.15. The Morgan fingerprint density at radius 1 is 0.630 bits per heavy atom. The Kier molecular flexibility index (Phi) is 6.82. The summed E-state index contributed by atoms with van der Waals surface area (Å²) in [6.07, 6.45) is -11.0. The lowest BCUT2D eigenvalue weighted by molar-refractivity contribution is -0.138. The molecule has 0 aromatic heterocycles. The van der Waals surface area contributed by atoms with E-state index in [-0.39, 0.29) is 11.5 Å². The molecule has 148 valence electrons. The van der Waals surface area contributed by atoms with Crippen LogP contribution in [0.3, 0.4) is 0 Å². The van der Waals surface area contributed by atoms with Gasteiger partial charge in [0.05, 0.1) is 23.3 Å². The molecule has 2 N–H and O–H groups in total. The molecule has 0 aliphatic carbocycles. The summed E-state index contributed by atoms with van der Waals surface area (Å²) in [5.74, 6) is 0.228. The number of alkyl halides is 6. The van der Waals surface area contributed by atoms with Crippen molar-refractivity contribution in [3.05, 3.63) is 70.8 Å². The summed E-state index contributed by atoms with van der Waals surface area (Å²) in [6.45, 7) is 0. The first-order valence-electron chi connectivity index (χ1n) is 7.76. The van der Waals surface area contributed by atoms with Crippen LogP contribution in [-0.4, -0.2) is 21.7 Å². The molecule has 27 heavy (non-hydrogen) atoms. The third kappa shape index (κ3) is 6.15. The number of rotatable bonds is 6. The molecule has 0 aliphatic rings. The van der Waals surface area contributed by atoms with Gasteiger partial charge in [-0.1, -0.05) is 24.3 Å². The summed E-state index contributed by atoms with van der Waals surface area (Å²) in [5.41, 5.74) is -1.02. The predicted octanol–water partition coefficient (Wildman–Crippen LogP) is 5.22. The summed E-state index contributed by atoms with van der Waals surface area (Å²) in [7, 11) is 0. The Balaban J connectivity index is 1.86. The first-order valence-corrected chi connectivity index (χ1v) is 8.92. The molecule has 0 bridgehead atoms. The average Bonchev–Trinajstić information content (AvgIpc) is 2.60. The molecule has 0 saturated heterocycles. The summed E-state index contributed by atoms with van der Waals surface area (Å²) in [5, 5.41) is 20.0. The standard InChI is InChI=1S/C18H16F6O2S/c19-17(20,21)13-5-1-11(2-6-13)15(25)9-27-10-16(26)12-3-7-14(8-4-12)18(22,23)24/h1-8,15-16,25-26H,9-10H2. The van der Waals surface area contributed by atoms with Gasteiger partial charge in [0.1, 0.15) is 0 Å². The minimum absolute atomic E-state index is 0.114. The van der Waals surface area contributed by atoms with Gasteiger partial charge in [0.15, 0.2) is 0 Å². The van der Waals surface area contributed by atoms with Gasteiger partial charge in [-0.15, -0.1) is 0 Å². The monoisotopic (exact) mass is 410 g/mol. The molecule has 2 rings (SSSR count). The Morgan fingerprint density at radius 2 is 0.926 bits per heavy atom. The van der Waals surface area contributed by atoms with Crippen LogP contribution in [0.1, 0.15) is 34.5 Å². The average molecular weight is 410 g/mol. The van der Waals surface area contributed by atoms with Gasteiger partial charge in [-0.2, -0.15) is 38.1 Å². The van der Waals surface area contributed by atoms with E-state index in [9.17, 15) is 36.6 Å². The van der Waals surface area contributed by atoms with Gasteiger partial charge in [-0.05, 0) is 35.4 Å². The van der Waals surface area contributed by atoms with Crippen molar-refractivity contribution in [2.75, 3.05) is 11.5 Å². The number of hydrogen-bond acceptors (Lipinski definition) is 3. The van der Waals surface area contributed by atoms with Crippen molar-refractivity contribution >= 4 is 11.8 Å². The van der Waals surface area contributed by atoms with E-state index >= 15 is 0 Å². The first-order chi connectivity index (χ1) is 12.5. The highest BCUT2D eigenvalue weighted by Gasteiger charge is 2.31. The maximum absolute atomic E-state index is 12.5. The van der Waals surface area contributed by atoms with E-state index < -0.39 is 35.7 Å². The van der Waals surface area contributed by atoms with Crippen LogP contribution >= 0.6 is 11.8 Å². The molecule has 0 amide bonds. The van der Waals surface area contributed by atoms with E-state index in [0.29, 0.717) is 11.1 Å². The minimum atomic E-state index is -4.45. The first kappa shape index (κ1) is 21.6. The van der Waals surface area contributed by atoms with Crippen LogP contribution in [-0.2, 0) is 12.4 Å². The highest BCUT2D eigenvalue weighted by Crippen LogP contribution is 2.32. The van der Waals surface area contributed by atoms with Gasteiger partial charge in [-0.25, -0.2) is 0 Å². The van der Waals surface area contributed by atoms with Gasteiger partial charge in [0, 0.05) is 11.5 Å². The van der Waals surface area contributed by atoms with E-state index in [1.165, 1.54) is 24.3 Å². The number of aliphatic hydroxyl groups is 2. The van der Waals surface area contributed by atoms with Crippen molar-refractivity contribution in [3.63, 3.8) is 0 Å². The van der Waals surface area contributed by atoms with Crippen molar-refractivity contribution < 1.29 is 36.6 Å². The number of aliphatic hydroxyl groups excluding tert-OH is 2. The number of benzene rings is 2. The van der Waals surface area contributed by atoms with Crippen molar-refractivity contribution in [1.29, 1.82) is 0 Å². The van der Waals surface area contributed by atoms with E-state index in [2.05, 4.69) is 0 Å². The zero-order valence-corrected chi connectivity index (χ0v) is 14.6. The normalized spacial score (nSPS) is 14.8. The van der Waals surface area contributed by atoms with Crippen molar-refractivity contribution in [1.82, 2.24) is 0 Å². The molecule has 0 saturated carbocycles. The van der Waals surface area contributed by atoms with Gasteiger partial charge < -0.3 is 10.2 Å². The van der Waals surface area contributed by atoms with Crippen LogP contribution in [0.4, 0.5) is 26.3 Å². The summed E-state index contributed by atoms with van der Waals surface area (Å²) >= 11 is 1.13. The second-order valence-electron chi connectivity index (χ2n) is 5.81. The second kappa shape index (κ2) is 8.53. The Hall–Kier alpha value is -1.71. The fourth-order valence-corrected chi connectivity index (χ4v) is 3.24. The topological polar surface area (TPSA) is 40.5 Å². The number of hydrogen-bond donors (Lipinski definition) is 2. The summed E-state index contributed by atoms with van der Waals surface area (Å²) in [6, 6.07) is 8.22. The van der Waals surface area contributed by atoms with Crippen LogP contribution < -0.4 is 0 Å². The second-order valence-corrected chi connectivity index (χ2v) is 6.88. The van der Waals surface area contributed by atoms with Gasteiger partial charge in [0.25, 0.3) is 0 Å². The molecular weight excluding hydrogens is 394 g/mol. The quantitative estimate of drug-likeness (QED) is 0.642. The van der Waals surface area contributed by atoms with Gasteiger partial charge >= 0.3 is 12.4 Å². The van der Waals surface area contributed by atoms with Crippen molar-refractivity contribution in [3.8, 4) is 0 Å². The Morgan fingerprint density at radius 3 is 1.19 bits per heavy atom. The third-order valence-corrected chi connectivity index (χ3v) is 4.90. The van der Waals surface area contributed by atoms with E-state index in [1.807, 2.05) is 0 Å². The summed E-state index contributed by atoms with van der Waals surface area (Å²) < 4.78 is 75.0. The fourth-order valence-electron chi connectivity index (χ4n) is 2.27. The molecular formula is C18H16F6O2S. The van der Waals surface area contributed by atoms with Crippen molar-refractivity contribution in [2.24, 2.45) is 0 Å². The smallest absolute Gasteiger partial charge is 0.388 e. The maximum Gasteiger partial charge on any atom is 0.416 e. The van der Waals surface area contributed by atoms with Gasteiger partial charge in [0.2, 0.25) is 0 Å². The predicted molar refractivity (Wildman–Crippen MR) is 90.1 cm³/mol. The molecule has 2 unspecified atom stereocenters. The maximum atomic E-state index is 12.5. The van der Waals surface area contributed by atoms with E-state index in [4.69, 9.17) is 0 Å². The zero-order chi connectivity index (χ0) is 20.2. The third-order valence-electron chi connectivity index (χ3n) is 3.80.